The van der Waals surface area contributed by atoms with Crippen LogP contribution < -0.4 is 4.90 Å². The smallest absolute Gasteiger partial charge is 0.129 e. The minimum absolute atomic E-state index is 0.676. The molecule has 1 aromatic heterocycles. The number of para-hydroxylation sites is 1. The fraction of sp³-hybridized carbons (Fsp3) is 0.550. The SMILES string of the molecule is Cc1cc(N2CC(N3CCN(C(C)C)CC3)C2)nc2ccccc12. The van der Waals surface area contributed by atoms with Crippen molar-refractivity contribution in [3.8, 4) is 0 Å². The van der Waals surface area contributed by atoms with E-state index in [4.69, 9.17) is 4.98 Å². The Morgan fingerprint density at radius 2 is 1.75 bits per heavy atom. The van der Waals surface area contributed by atoms with E-state index in [1.807, 2.05) is 0 Å². The summed E-state index contributed by atoms with van der Waals surface area (Å²) in [6.07, 6.45) is 0. The number of hydrogen-bond acceptors (Lipinski definition) is 4. The lowest BCUT2D eigenvalue weighted by atomic mass is 10.0. The zero-order chi connectivity index (χ0) is 16.7. The molecule has 2 aromatic rings. The lowest BCUT2D eigenvalue weighted by Gasteiger charge is -2.49. The molecule has 3 heterocycles. The molecule has 0 saturated carbocycles. The molecule has 0 radical (unpaired) electrons. The number of rotatable bonds is 3. The molecule has 128 valence electrons. The van der Waals surface area contributed by atoms with Crippen molar-refractivity contribution in [2.75, 3.05) is 44.2 Å². The first-order chi connectivity index (χ1) is 11.6. The molecule has 0 aliphatic carbocycles. The molecule has 0 bridgehead atoms. The Labute approximate surface area is 145 Å². The average Bonchev–Trinajstić information content (AvgIpc) is 2.54. The fourth-order valence-electron chi connectivity index (χ4n) is 3.99. The summed E-state index contributed by atoms with van der Waals surface area (Å²) >= 11 is 0. The maximum atomic E-state index is 4.87. The molecule has 4 heteroatoms. The number of hydrogen-bond donors (Lipinski definition) is 0. The van der Waals surface area contributed by atoms with E-state index >= 15 is 0 Å². The number of benzene rings is 1. The largest absolute Gasteiger partial charge is 0.353 e. The quantitative estimate of drug-likeness (QED) is 0.866. The van der Waals surface area contributed by atoms with Crippen molar-refractivity contribution in [2.24, 2.45) is 0 Å². The number of aromatic nitrogens is 1. The Bertz CT molecular complexity index is 713. The van der Waals surface area contributed by atoms with Gasteiger partial charge >= 0.3 is 0 Å². The molecule has 2 saturated heterocycles. The number of aryl methyl sites for hydroxylation is 1. The second kappa shape index (κ2) is 6.34. The first-order valence-corrected chi connectivity index (χ1v) is 9.21. The van der Waals surface area contributed by atoms with Crippen molar-refractivity contribution in [1.29, 1.82) is 0 Å². The molecule has 2 aliphatic rings. The Kier molecular flexibility index (Phi) is 4.19. The van der Waals surface area contributed by atoms with Crippen molar-refractivity contribution in [3.05, 3.63) is 35.9 Å². The predicted molar refractivity (Wildman–Crippen MR) is 101 cm³/mol. The lowest BCUT2D eigenvalue weighted by molar-refractivity contribution is 0.0676. The van der Waals surface area contributed by atoms with Crippen molar-refractivity contribution in [3.63, 3.8) is 0 Å². The van der Waals surface area contributed by atoms with E-state index in [2.05, 4.69) is 65.8 Å². The molecule has 2 fully saturated rings. The first kappa shape index (κ1) is 15.9. The zero-order valence-corrected chi connectivity index (χ0v) is 15.1. The van der Waals surface area contributed by atoms with Gasteiger partial charge in [-0.3, -0.25) is 9.80 Å². The minimum Gasteiger partial charge on any atom is -0.353 e. The zero-order valence-electron chi connectivity index (χ0n) is 15.1. The Morgan fingerprint density at radius 1 is 1.04 bits per heavy atom. The number of piperazine rings is 1. The minimum atomic E-state index is 0.676. The first-order valence-electron chi connectivity index (χ1n) is 9.21. The van der Waals surface area contributed by atoms with Gasteiger partial charge in [-0.05, 0) is 38.5 Å². The van der Waals surface area contributed by atoms with Crippen LogP contribution in [0.25, 0.3) is 10.9 Å². The third kappa shape index (κ3) is 2.89. The molecule has 0 N–H and O–H groups in total. The number of anilines is 1. The topological polar surface area (TPSA) is 22.6 Å². The summed E-state index contributed by atoms with van der Waals surface area (Å²) in [5.41, 5.74) is 2.44. The second-order valence-electron chi connectivity index (χ2n) is 7.54. The molecule has 4 rings (SSSR count). The predicted octanol–water partition coefficient (Wildman–Crippen LogP) is 2.76. The Hall–Kier alpha value is -1.65. The number of nitrogens with zero attached hydrogens (tertiary/aromatic N) is 4. The molecule has 1 aromatic carbocycles. The summed E-state index contributed by atoms with van der Waals surface area (Å²) in [5.74, 6) is 1.14. The summed E-state index contributed by atoms with van der Waals surface area (Å²) in [5, 5.41) is 1.27. The van der Waals surface area contributed by atoms with Gasteiger partial charge in [-0.2, -0.15) is 0 Å². The highest BCUT2D eigenvalue weighted by molar-refractivity contribution is 5.83. The van der Waals surface area contributed by atoms with Crippen molar-refractivity contribution in [2.45, 2.75) is 32.9 Å². The number of fused-ring (bicyclic) bond motifs is 1. The van der Waals surface area contributed by atoms with Gasteiger partial charge in [-0.1, -0.05) is 18.2 Å². The molecule has 0 amide bonds. The van der Waals surface area contributed by atoms with Gasteiger partial charge in [0.2, 0.25) is 0 Å². The maximum absolute atomic E-state index is 4.87. The monoisotopic (exact) mass is 324 g/mol. The average molecular weight is 324 g/mol. The van der Waals surface area contributed by atoms with Crippen LogP contribution in [-0.4, -0.2) is 66.1 Å². The molecule has 2 aliphatic heterocycles. The van der Waals surface area contributed by atoms with E-state index in [0.29, 0.717) is 12.1 Å². The highest BCUT2D eigenvalue weighted by atomic mass is 15.4. The molecular formula is C20H28N4. The summed E-state index contributed by atoms with van der Waals surface area (Å²) in [6, 6.07) is 12.1. The third-order valence-corrected chi connectivity index (χ3v) is 5.69. The third-order valence-electron chi connectivity index (χ3n) is 5.69. The molecule has 0 spiro atoms. The molecule has 0 atom stereocenters. The van der Waals surface area contributed by atoms with Gasteiger partial charge in [0.25, 0.3) is 0 Å². The standard InChI is InChI=1S/C20H28N4/c1-15(2)22-8-10-23(11-9-22)17-13-24(14-17)20-12-16(3)18-6-4-5-7-19(18)21-20/h4-7,12,15,17H,8-11,13-14H2,1-3H3. The van der Waals surface area contributed by atoms with Crippen molar-refractivity contribution >= 4 is 16.7 Å². The van der Waals surface area contributed by atoms with Crippen LogP contribution in [0, 0.1) is 6.92 Å². The van der Waals surface area contributed by atoms with Crippen LogP contribution in [0.3, 0.4) is 0 Å². The van der Waals surface area contributed by atoms with Crippen LogP contribution in [0.15, 0.2) is 30.3 Å². The highest BCUT2D eigenvalue weighted by Crippen LogP contribution is 2.27. The normalized spacial score (nSPS) is 20.8. The van der Waals surface area contributed by atoms with Crippen molar-refractivity contribution < 1.29 is 0 Å². The van der Waals surface area contributed by atoms with Crippen LogP contribution in [0.2, 0.25) is 0 Å². The van der Waals surface area contributed by atoms with Gasteiger partial charge in [0.1, 0.15) is 5.82 Å². The van der Waals surface area contributed by atoms with Gasteiger partial charge in [0.15, 0.2) is 0 Å². The van der Waals surface area contributed by atoms with Gasteiger partial charge in [-0.15, -0.1) is 0 Å². The Balaban J connectivity index is 1.39. The van der Waals surface area contributed by atoms with Crippen molar-refractivity contribution in [1.82, 2.24) is 14.8 Å². The lowest BCUT2D eigenvalue weighted by Crippen LogP contribution is -2.63. The van der Waals surface area contributed by atoms with Crippen LogP contribution in [0.5, 0.6) is 0 Å². The summed E-state index contributed by atoms with van der Waals surface area (Å²) in [7, 11) is 0. The van der Waals surface area contributed by atoms with E-state index in [9.17, 15) is 0 Å². The molecule has 0 unspecified atom stereocenters. The van der Waals surface area contributed by atoms with Crippen LogP contribution >= 0.6 is 0 Å². The molecule has 24 heavy (non-hydrogen) atoms. The van der Waals surface area contributed by atoms with Gasteiger partial charge in [-0.25, -0.2) is 4.98 Å². The number of pyridine rings is 1. The fourth-order valence-corrected chi connectivity index (χ4v) is 3.99. The van der Waals surface area contributed by atoms with E-state index in [-0.39, 0.29) is 0 Å². The summed E-state index contributed by atoms with van der Waals surface area (Å²) < 4.78 is 0. The highest BCUT2D eigenvalue weighted by Gasteiger charge is 2.34. The summed E-state index contributed by atoms with van der Waals surface area (Å²) in [4.78, 5) is 12.6. The van der Waals surface area contributed by atoms with E-state index in [0.717, 1.165) is 24.4 Å². The Morgan fingerprint density at radius 3 is 2.46 bits per heavy atom. The van der Waals surface area contributed by atoms with E-state index in [1.165, 1.54) is 37.1 Å². The molecule has 4 nitrogen and oxygen atoms in total. The van der Waals surface area contributed by atoms with E-state index in [1.54, 1.807) is 0 Å². The van der Waals surface area contributed by atoms with Gasteiger partial charge in [0, 0.05) is 56.7 Å². The van der Waals surface area contributed by atoms with Crippen LogP contribution in [-0.2, 0) is 0 Å². The van der Waals surface area contributed by atoms with Gasteiger partial charge < -0.3 is 4.90 Å². The maximum Gasteiger partial charge on any atom is 0.129 e. The van der Waals surface area contributed by atoms with Gasteiger partial charge in [0.05, 0.1) is 5.52 Å². The molecular weight excluding hydrogens is 296 g/mol. The van der Waals surface area contributed by atoms with Crippen LogP contribution in [0.1, 0.15) is 19.4 Å². The van der Waals surface area contributed by atoms with E-state index < -0.39 is 0 Å². The van der Waals surface area contributed by atoms with Crippen LogP contribution in [0.4, 0.5) is 5.82 Å². The second-order valence-corrected chi connectivity index (χ2v) is 7.54. The summed E-state index contributed by atoms with van der Waals surface area (Å²) in [6.45, 7) is 13.9.